The van der Waals surface area contributed by atoms with E-state index in [-0.39, 0.29) is 16.9 Å². The molecule has 0 unspecified atom stereocenters. The summed E-state index contributed by atoms with van der Waals surface area (Å²) in [6, 6.07) is 6.31. The predicted molar refractivity (Wildman–Crippen MR) is 77.9 cm³/mol. The van der Waals surface area contributed by atoms with E-state index in [9.17, 15) is 39.5 Å². The van der Waals surface area contributed by atoms with Crippen molar-refractivity contribution >= 4 is 21.6 Å². The highest BCUT2D eigenvalue weighted by molar-refractivity contribution is 7.20. The molecule has 0 amide bonds. The first kappa shape index (κ1) is 19.4. The van der Waals surface area contributed by atoms with Crippen molar-refractivity contribution in [3.05, 3.63) is 46.7 Å². The quantitative estimate of drug-likeness (QED) is 0.428. The number of thiophene rings is 1. The maximum absolute atomic E-state index is 13.4. The van der Waals surface area contributed by atoms with Gasteiger partial charge in [-0.2, -0.15) is 39.5 Å². The number of benzene rings is 1. The SMILES string of the molecule is FC(F)(F)c1nc(C(F)(F)F)c2sc(C(F)(F)F)c(-c3ccccc3)c2n1. The lowest BCUT2D eigenvalue weighted by atomic mass is 10.0. The van der Waals surface area contributed by atoms with Gasteiger partial charge in [-0.1, -0.05) is 30.3 Å². The number of aromatic nitrogens is 2. The molecule has 27 heavy (non-hydrogen) atoms. The molecule has 0 aliphatic rings. The molecule has 12 heteroatoms. The van der Waals surface area contributed by atoms with Crippen LogP contribution in [0.25, 0.3) is 21.3 Å². The molecule has 0 aliphatic carbocycles. The number of nitrogens with zero attached hydrogens (tertiary/aromatic N) is 2. The number of hydrogen-bond acceptors (Lipinski definition) is 3. The molecule has 2 heterocycles. The average Bonchev–Trinajstić information content (AvgIpc) is 2.92. The van der Waals surface area contributed by atoms with E-state index in [1.807, 2.05) is 0 Å². The zero-order valence-electron chi connectivity index (χ0n) is 12.6. The maximum atomic E-state index is 13.4. The molecule has 0 saturated heterocycles. The molecule has 0 aliphatic heterocycles. The fraction of sp³-hybridized carbons (Fsp3) is 0.200. The number of hydrogen-bond donors (Lipinski definition) is 0. The van der Waals surface area contributed by atoms with E-state index in [1.54, 1.807) is 0 Å². The molecule has 0 spiro atoms. The molecule has 0 fully saturated rings. The Morgan fingerprint density at radius 1 is 0.704 bits per heavy atom. The third-order valence-electron chi connectivity index (χ3n) is 3.38. The van der Waals surface area contributed by atoms with Gasteiger partial charge in [-0.05, 0) is 5.56 Å². The van der Waals surface area contributed by atoms with Crippen LogP contribution < -0.4 is 0 Å². The van der Waals surface area contributed by atoms with Crippen molar-refractivity contribution in [3.8, 4) is 11.1 Å². The van der Waals surface area contributed by atoms with E-state index >= 15 is 0 Å². The van der Waals surface area contributed by atoms with Gasteiger partial charge in [-0.15, -0.1) is 11.3 Å². The number of halogens is 9. The second-order valence-corrected chi connectivity index (χ2v) is 6.26. The number of fused-ring (bicyclic) bond motifs is 1. The lowest BCUT2D eigenvalue weighted by molar-refractivity contribution is -0.151. The third-order valence-corrected chi connectivity index (χ3v) is 4.61. The highest BCUT2D eigenvalue weighted by atomic mass is 32.1. The average molecular weight is 416 g/mol. The number of alkyl halides is 9. The molecular formula is C15H5F9N2S. The van der Waals surface area contributed by atoms with Crippen LogP contribution in [-0.4, -0.2) is 9.97 Å². The Bertz CT molecular complexity index is 985. The largest absolute Gasteiger partial charge is 0.451 e. The lowest BCUT2D eigenvalue weighted by Gasteiger charge is -2.11. The Kier molecular flexibility index (Phi) is 4.36. The summed E-state index contributed by atoms with van der Waals surface area (Å²) in [6.07, 6.45) is -15.9. The molecule has 2 nitrogen and oxygen atoms in total. The van der Waals surface area contributed by atoms with E-state index in [2.05, 4.69) is 9.97 Å². The molecule has 3 aromatic rings. The molecular weight excluding hydrogens is 411 g/mol. The van der Waals surface area contributed by atoms with Crippen molar-refractivity contribution < 1.29 is 39.5 Å². The van der Waals surface area contributed by atoms with Crippen LogP contribution in [0.4, 0.5) is 39.5 Å². The van der Waals surface area contributed by atoms with Crippen LogP contribution in [0.5, 0.6) is 0 Å². The highest BCUT2D eigenvalue weighted by Crippen LogP contribution is 2.49. The third kappa shape index (κ3) is 3.57. The minimum atomic E-state index is -5.40. The van der Waals surface area contributed by atoms with Crippen LogP contribution in [0, 0.1) is 0 Å². The molecule has 144 valence electrons. The van der Waals surface area contributed by atoms with Crippen molar-refractivity contribution in [3.63, 3.8) is 0 Å². The molecule has 3 rings (SSSR count). The van der Waals surface area contributed by atoms with Gasteiger partial charge >= 0.3 is 18.5 Å². The smallest absolute Gasteiger partial charge is 0.223 e. The Morgan fingerprint density at radius 2 is 1.30 bits per heavy atom. The monoisotopic (exact) mass is 416 g/mol. The predicted octanol–water partition coefficient (Wildman–Crippen LogP) is 6.41. The first-order chi connectivity index (χ1) is 12.3. The normalized spacial score (nSPS) is 13.4. The minimum absolute atomic E-state index is 0.212. The molecule has 0 saturated carbocycles. The van der Waals surface area contributed by atoms with Crippen molar-refractivity contribution in [2.75, 3.05) is 0 Å². The fourth-order valence-electron chi connectivity index (χ4n) is 2.37. The van der Waals surface area contributed by atoms with Gasteiger partial charge in [0.25, 0.3) is 0 Å². The summed E-state index contributed by atoms with van der Waals surface area (Å²) >= 11 is -0.339. The van der Waals surface area contributed by atoms with Gasteiger partial charge in [0.15, 0.2) is 5.69 Å². The topological polar surface area (TPSA) is 25.8 Å². The van der Waals surface area contributed by atoms with Crippen LogP contribution in [-0.2, 0) is 18.5 Å². The van der Waals surface area contributed by atoms with Gasteiger partial charge in [0.05, 0.1) is 10.2 Å². The van der Waals surface area contributed by atoms with Crippen molar-refractivity contribution in [1.82, 2.24) is 9.97 Å². The fourth-order valence-corrected chi connectivity index (χ4v) is 3.51. The second-order valence-electron chi connectivity index (χ2n) is 5.24. The summed E-state index contributed by atoms with van der Waals surface area (Å²) in [5, 5.41) is 0. The molecule has 2 aromatic heterocycles. The zero-order valence-corrected chi connectivity index (χ0v) is 13.4. The Balaban J connectivity index is 2.51. The van der Waals surface area contributed by atoms with E-state index < -0.39 is 50.7 Å². The number of rotatable bonds is 1. The minimum Gasteiger partial charge on any atom is -0.223 e. The summed E-state index contributed by atoms with van der Waals surface area (Å²) < 4.78 is 117. The van der Waals surface area contributed by atoms with Gasteiger partial charge in [0, 0.05) is 5.56 Å². The molecule has 0 atom stereocenters. The first-order valence-electron chi connectivity index (χ1n) is 6.91. The summed E-state index contributed by atoms with van der Waals surface area (Å²) in [5.74, 6) is -2.16. The van der Waals surface area contributed by atoms with Crippen LogP contribution in [0.3, 0.4) is 0 Å². The Hall–Kier alpha value is -2.37. The highest BCUT2D eigenvalue weighted by Gasteiger charge is 2.45. The van der Waals surface area contributed by atoms with Gasteiger partial charge < -0.3 is 0 Å². The van der Waals surface area contributed by atoms with Gasteiger partial charge in [-0.3, -0.25) is 0 Å². The molecule has 0 N–H and O–H groups in total. The van der Waals surface area contributed by atoms with E-state index in [4.69, 9.17) is 0 Å². The van der Waals surface area contributed by atoms with Gasteiger partial charge in [0.2, 0.25) is 5.82 Å². The van der Waals surface area contributed by atoms with Crippen LogP contribution >= 0.6 is 11.3 Å². The lowest BCUT2D eigenvalue weighted by Crippen LogP contribution is -2.17. The van der Waals surface area contributed by atoms with Crippen LogP contribution in [0.15, 0.2) is 30.3 Å². The second kappa shape index (κ2) is 6.08. The first-order valence-corrected chi connectivity index (χ1v) is 7.73. The molecule has 1 aromatic carbocycles. The van der Waals surface area contributed by atoms with Crippen LogP contribution in [0.2, 0.25) is 0 Å². The molecule has 0 bridgehead atoms. The van der Waals surface area contributed by atoms with E-state index in [0.717, 1.165) is 12.1 Å². The van der Waals surface area contributed by atoms with Gasteiger partial charge in [0.1, 0.15) is 4.88 Å². The molecule has 0 radical (unpaired) electrons. The summed E-state index contributed by atoms with van der Waals surface area (Å²) in [5.41, 5.74) is -4.16. The summed E-state index contributed by atoms with van der Waals surface area (Å²) in [4.78, 5) is 3.98. The maximum Gasteiger partial charge on any atom is 0.451 e. The standard InChI is InChI=1S/C15H5F9N2S/c16-13(17,18)10-9-8(25-12(26-10)15(22,23)24)7(6-4-2-1-3-5-6)11(27-9)14(19,20)21/h1-5H. The van der Waals surface area contributed by atoms with Gasteiger partial charge in [-0.25, -0.2) is 9.97 Å². The van der Waals surface area contributed by atoms with Crippen molar-refractivity contribution in [2.24, 2.45) is 0 Å². The van der Waals surface area contributed by atoms with Crippen molar-refractivity contribution in [2.45, 2.75) is 18.5 Å². The van der Waals surface area contributed by atoms with Crippen LogP contribution in [0.1, 0.15) is 16.4 Å². The Labute approximate surface area is 148 Å². The summed E-state index contributed by atoms with van der Waals surface area (Å²) in [6.45, 7) is 0. The summed E-state index contributed by atoms with van der Waals surface area (Å²) in [7, 11) is 0. The van der Waals surface area contributed by atoms with E-state index in [0.29, 0.717) is 0 Å². The van der Waals surface area contributed by atoms with Crippen molar-refractivity contribution in [1.29, 1.82) is 0 Å². The van der Waals surface area contributed by atoms with E-state index in [1.165, 1.54) is 18.2 Å². The Morgan fingerprint density at radius 3 is 1.78 bits per heavy atom. The zero-order chi connectivity index (χ0) is 20.2.